The first-order valence-corrected chi connectivity index (χ1v) is 4.26. The van der Waals surface area contributed by atoms with Gasteiger partial charge in [0.2, 0.25) is 0 Å². The maximum absolute atomic E-state index is 7.45. The van der Waals surface area contributed by atoms with Crippen LogP contribution in [0.3, 0.4) is 0 Å². The van der Waals surface area contributed by atoms with Gasteiger partial charge in [-0.05, 0) is 17.9 Å². The van der Waals surface area contributed by atoms with Crippen LogP contribution in [-0.2, 0) is 0 Å². The van der Waals surface area contributed by atoms with E-state index in [0.717, 1.165) is 10.6 Å². The van der Waals surface area contributed by atoms with E-state index in [1.165, 1.54) is 0 Å². The van der Waals surface area contributed by atoms with Gasteiger partial charge in [-0.15, -0.1) is 11.8 Å². The van der Waals surface area contributed by atoms with Gasteiger partial charge < -0.3 is 0 Å². The van der Waals surface area contributed by atoms with E-state index in [0.29, 0.717) is 5.69 Å². The lowest BCUT2D eigenvalue weighted by molar-refractivity contribution is 1.34. The molecule has 1 rings (SSSR count). The number of benzene rings is 1. The van der Waals surface area contributed by atoms with Crippen LogP contribution in [0.5, 0.6) is 0 Å². The number of rotatable bonds is 2. The Bertz CT molecular complexity index is 210. The smallest absolute Gasteiger partial charge is 0.0675 e. The van der Waals surface area contributed by atoms with Crippen LogP contribution in [-0.4, -0.2) is 5.75 Å². The van der Waals surface area contributed by atoms with Crippen molar-refractivity contribution in [1.82, 2.24) is 5.73 Å². The highest BCUT2D eigenvalue weighted by molar-refractivity contribution is 7.99. The van der Waals surface area contributed by atoms with Gasteiger partial charge in [0.1, 0.15) is 0 Å². The Labute approximate surface area is 65.6 Å². The van der Waals surface area contributed by atoms with E-state index in [1.807, 2.05) is 24.3 Å². The van der Waals surface area contributed by atoms with Gasteiger partial charge in [-0.25, -0.2) is 0 Å². The highest BCUT2D eigenvalue weighted by Gasteiger charge is 1.94. The van der Waals surface area contributed by atoms with Gasteiger partial charge in [0.15, 0.2) is 0 Å². The predicted octanol–water partition coefficient (Wildman–Crippen LogP) is 2.71. The van der Waals surface area contributed by atoms with Crippen LogP contribution in [0, 0.1) is 0 Å². The molecule has 0 aliphatic carbocycles. The molecule has 0 unspecified atom stereocenters. The van der Waals surface area contributed by atoms with Crippen molar-refractivity contribution < 1.29 is 0 Å². The van der Waals surface area contributed by atoms with E-state index >= 15 is 0 Å². The Kier molecular flexibility index (Phi) is 2.63. The molecule has 0 bridgehead atoms. The topological polar surface area (TPSA) is 23.8 Å². The third-order valence-electron chi connectivity index (χ3n) is 1.19. The van der Waals surface area contributed by atoms with Crippen LogP contribution in [0.1, 0.15) is 6.92 Å². The van der Waals surface area contributed by atoms with Gasteiger partial charge >= 0.3 is 0 Å². The van der Waals surface area contributed by atoms with Crippen molar-refractivity contribution >= 4 is 17.4 Å². The summed E-state index contributed by atoms with van der Waals surface area (Å²) >= 11 is 1.71. The van der Waals surface area contributed by atoms with Crippen molar-refractivity contribution in [2.24, 2.45) is 0 Å². The van der Waals surface area contributed by atoms with E-state index in [-0.39, 0.29) is 0 Å². The Morgan fingerprint density at radius 2 is 2.10 bits per heavy atom. The summed E-state index contributed by atoms with van der Waals surface area (Å²) in [4.78, 5) is 1.07. The molecule has 0 fully saturated rings. The molecule has 1 N–H and O–H groups in total. The average Bonchev–Trinajstić information content (AvgIpc) is 1.94. The summed E-state index contributed by atoms with van der Waals surface area (Å²) in [5.41, 5.74) is 8.09. The lowest BCUT2D eigenvalue weighted by Gasteiger charge is -1.99. The largest absolute Gasteiger partial charge is 0.300 e. The third kappa shape index (κ3) is 1.67. The van der Waals surface area contributed by atoms with Crippen molar-refractivity contribution in [3.05, 3.63) is 24.3 Å². The van der Waals surface area contributed by atoms with Crippen molar-refractivity contribution in [1.29, 1.82) is 0 Å². The molecule has 1 aromatic carbocycles. The Morgan fingerprint density at radius 1 is 1.40 bits per heavy atom. The highest BCUT2D eigenvalue weighted by Crippen LogP contribution is 2.24. The summed E-state index contributed by atoms with van der Waals surface area (Å²) < 4.78 is 0. The van der Waals surface area contributed by atoms with Crippen LogP contribution >= 0.6 is 11.8 Å². The molecule has 0 atom stereocenters. The van der Waals surface area contributed by atoms with Crippen molar-refractivity contribution in [3.63, 3.8) is 0 Å². The van der Waals surface area contributed by atoms with E-state index in [1.54, 1.807) is 11.8 Å². The fourth-order valence-electron chi connectivity index (χ4n) is 0.748. The lowest BCUT2D eigenvalue weighted by Crippen LogP contribution is -1.75. The van der Waals surface area contributed by atoms with E-state index < -0.39 is 0 Å². The summed E-state index contributed by atoms with van der Waals surface area (Å²) in [6.45, 7) is 2.09. The Hall–Kier alpha value is -0.630. The molecule has 0 saturated heterocycles. The van der Waals surface area contributed by atoms with E-state index in [4.69, 9.17) is 5.73 Å². The SMILES string of the molecule is CCSc1ccccc1[NH]. The first kappa shape index (κ1) is 7.48. The minimum Gasteiger partial charge on any atom is -0.300 e. The number of hydrogen-bond donors (Lipinski definition) is 0. The monoisotopic (exact) mass is 152 g/mol. The summed E-state index contributed by atoms with van der Waals surface area (Å²) in [7, 11) is 0. The average molecular weight is 152 g/mol. The molecule has 10 heavy (non-hydrogen) atoms. The van der Waals surface area contributed by atoms with Gasteiger partial charge in [0.05, 0.1) is 5.69 Å². The Balaban J connectivity index is 2.81. The zero-order valence-electron chi connectivity index (χ0n) is 5.92. The molecule has 1 nitrogen and oxygen atoms in total. The second-order valence-electron chi connectivity index (χ2n) is 1.93. The maximum atomic E-state index is 7.45. The fraction of sp³-hybridized carbons (Fsp3) is 0.250. The molecule has 2 heteroatoms. The molecule has 0 heterocycles. The summed E-state index contributed by atoms with van der Waals surface area (Å²) in [6.07, 6.45) is 0. The molecule has 0 aliphatic rings. The maximum Gasteiger partial charge on any atom is 0.0675 e. The predicted molar refractivity (Wildman–Crippen MR) is 45.6 cm³/mol. The molecule has 0 saturated carbocycles. The molecule has 0 amide bonds. The number of thioether (sulfide) groups is 1. The second kappa shape index (κ2) is 3.52. The van der Waals surface area contributed by atoms with Crippen LogP contribution in [0.15, 0.2) is 29.2 Å². The zero-order chi connectivity index (χ0) is 7.40. The van der Waals surface area contributed by atoms with Crippen LogP contribution in [0.2, 0.25) is 0 Å². The van der Waals surface area contributed by atoms with Crippen molar-refractivity contribution in [2.45, 2.75) is 11.8 Å². The van der Waals surface area contributed by atoms with Gasteiger partial charge in [0.25, 0.3) is 0 Å². The van der Waals surface area contributed by atoms with Crippen molar-refractivity contribution in [2.75, 3.05) is 5.75 Å². The summed E-state index contributed by atoms with van der Waals surface area (Å²) in [5, 5.41) is 0. The van der Waals surface area contributed by atoms with Crippen LogP contribution in [0.4, 0.5) is 5.69 Å². The number of hydrogen-bond acceptors (Lipinski definition) is 1. The standard InChI is InChI=1S/C8H10NS/c1-2-10-8-6-4-3-5-7(8)9/h3-6,9H,2H2,1H3. The normalized spacial score (nSPS) is 9.70. The van der Waals surface area contributed by atoms with Gasteiger partial charge in [-0.3, -0.25) is 5.73 Å². The van der Waals surface area contributed by atoms with Gasteiger partial charge in [-0.2, -0.15) is 0 Å². The molecule has 1 radical (unpaired) electrons. The minimum absolute atomic E-state index is 0.634. The Morgan fingerprint density at radius 3 is 2.70 bits per heavy atom. The molecule has 53 valence electrons. The minimum atomic E-state index is 0.634. The van der Waals surface area contributed by atoms with Crippen LogP contribution in [0.25, 0.3) is 0 Å². The molecule has 0 spiro atoms. The lowest BCUT2D eigenvalue weighted by atomic mass is 10.3. The van der Waals surface area contributed by atoms with Gasteiger partial charge in [0, 0.05) is 4.90 Å². The zero-order valence-corrected chi connectivity index (χ0v) is 6.74. The van der Waals surface area contributed by atoms with E-state index in [2.05, 4.69) is 6.92 Å². The molecular formula is C8H10NS. The van der Waals surface area contributed by atoms with Gasteiger partial charge in [-0.1, -0.05) is 19.1 Å². The number of nitrogens with one attached hydrogen (secondary N) is 1. The van der Waals surface area contributed by atoms with Crippen molar-refractivity contribution in [3.8, 4) is 0 Å². The van der Waals surface area contributed by atoms with Crippen LogP contribution < -0.4 is 5.73 Å². The molecule has 1 aromatic rings. The first-order chi connectivity index (χ1) is 4.84. The molecule has 0 aliphatic heterocycles. The first-order valence-electron chi connectivity index (χ1n) is 3.28. The second-order valence-corrected chi connectivity index (χ2v) is 3.24. The molecular weight excluding hydrogens is 142 g/mol. The summed E-state index contributed by atoms with van der Waals surface area (Å²) in [6, 6.07) is 7.66. The third-order valence-corrected chi connectivity index (χ3v) is 2.14. The summed E-state index contributed by atoms with van der Waals surface area (Å²) in [5.74, 6) is 1.04. The van der Waals surface area contributed by atoms with E-state index in [9.17, 15) is 0 Å². The fourth-order valence-corrected chi connectivity index (χ4v) is 1.46. The molecule has 0 aromatic heterocycles. The highest BCUT2D eigenvalue weighted by atomic mass is 32.2. The quantitative estimate of drug-likeness (QED) is 0.598.